The summed E-state index contributed by atoms with van der Waals surface area (Å²) in [5.74, 6) is -0.876. The van der Waals surface area contributed by atoms with Crippen molar-refractivity contribution in [2.45, 2.75) is 316 Å². The molecule has 426 valence electrons. The second-order valence-corrected chi connectivity index (χ2v) is 20.9. The fraction of sp³-hybridized carbons (Fsp3) is 0.750. The minimum Gasteiger partial charge on any atom is -0.462 e. The van der Waals surface area contributed by atoms with E-state index in [1.807, 2.05) is 0 Å². The van der Waals surface area contributed by atoms with Crippen molar-refractivity contribution in [1.82, 2.24) is 0 Å². The minimum atomic E-state index is -0.777. The lowest BCUT2D eigenvalue weighted by Crippen LogP contribution is -2.30. The molecule has 0 amide bonds. The highest BCUT2D eigenvalue weighted by Crippen LogP contribution is 2.17. The molecule has 0 aromatic heterocycles. The van der Waals surface area contributed by atoms with Crippen molar-refractivity contribution in [3.63, 3.8) is 0 Å². The Bertz CT molecular complexity index is 1420. The third-order valence-corrected chi connectivity index (χ3v) is 13.6. The van der Waals surface area contributed by atoms with Gasteiger partial charge in [0.1, 0.15) is 13.2 Å². The van der Waals surface area contributed by atoms with Crippen LogP contribution in [0, 0.1) is 0 Å². The van der Waals surface area contributed by atoms with Crippen LogP contribution in [0.5, 0.6) is 0 Å². The van der Waals surface area contributed by atoms with Gasteiger partial charge < -0.3 is 14.2 Å². The number of unbranched alkanes of at least 4 members (excludes halogenated alkanes) is 32. The number of hydrogen-bond donors (Lipinski definition) is 0. The van der Waals surface area contributed by atoms with E-state index in [2.05, 4.69) is 106 Å². The number of allylic oxidation sites excluding steroid dienone is 14. The molecule has 0 aliphatic carbocycles. The molecule has 0 saturated heterocycles. The molecule has 0 radical (unpaired) electrons. The van der Waals surface area contributed by atoms with Crippen LogP contribution in [-0.4, -0.2) is 37.2 Å². The van der Waals surface area contributed by atoms with E-state index in [4.69, 9.17) is 14.2 Å². The van der Waals surface area contributed by atoms with Crippen molar-refractivity contribution in [2.24, 2.45) is 0 Å². The predicted molar refractivity (Wildman–Crippen MR) is 321 cm³/mol. The van der Waals surface area contributed by atoms with Crippen LogP contribution in [0.2, 0.25) is 0 Å². The normalized spacial score (nSPS) is 12.6. The summed E-state index contributed by atoms with van der Waals surface area (Å²) in [5.41, 5.74) is 0. The maximum absolute atomic E-state index is 12.8. The van der Waals surface area contributed by atoms with E-state index < -0.39 is 6.10 Å². The lowest BCUT2D eigenvalue weighted by Gasteiger charge is -2.18. The van der Waals surface area contributed by atoms with Crippen LogP contribution >= 0.6 is 0 Å². The SMILES string of the molecule is CC/C=C\C/C=C\C/C=C\C/C=C\C/C=C\C/C=C\CCCCCCCCCCCCCCC(=O)OCC(COC(=O)CCCCCCC/C=C\CCCC)OC(=O)CCCCCCCCCCCCCCCC. The lowest BCUT2D eigenvalue weighted by molar-refractivity contribution is -0.167. The van der Waals surface area contributed by atoms with Crippen molar-refractivity contribution in [1.29, 1.82) is 0 Å². The Labute approximate surface area is 458 Å². The Balaban J connectivity index is 4.17. The summed E-state index contributed by atoms with van der Waals surface area (Å²) < 4.78 is 16.9. The van der Waals surface area contributed by atoms with Crippen molar-refractivity contribution < 1.29 is 28.6 Å². The zero-order valence-electron chi connectivity index (χ0n) is 48.8. The van der Waals surface area contributed by atoms with Crippen molar-refractivity contribution in [3.8, 4) is 0 Å². The molecule has 0 heterocycles. The van der Waals surface area contributed by atoms with Gasteiger partial charge in [0, 0.05) is 19.3 Å². The van der Waals surface area contributed by atoms with E-state index in [0.717, 1.165) is 103 Å². The Kier molecular flexibility index (Phi) is 59.3. The van der Waals surface area contributed by atoms with Gasteiger partial charge in [-0.05, 0) is 89.9 Å². The van der Waals surface area contributed by atoms with Gasteiger partial charge in [-0.1, -0.05) is 286 Å². The van der Waals surface area contributed by atoms with Gasteiger partial charge in [0.25, 0.3) is 0 Å². The Morgan fingerprint density at radius 1 is 0.284 bits per heavy atom. The number of carbonyl (C=O) groups excluding carboxylic acids is 3. The van der Waals surface area contributed by atoms with Crippen LogP contribution in [-0.2, 0) is 28.6 Å². The average Bonchev–Trinajstić information content (AvgIpc) is 3.40. The summed E-state index contributed by atoms with van der Waals surface area (Å²) in [6.45, 7) is 6.50. The smallest absolute Gasteiger partial charge is 0.306 e. The van der Waals surface area contributed by atoms with E-state index in [-0.39, 0.29) is 31.1 Å². The summed E-state index contributed by atoms with van der Waals surface area (Å²) in [6, 6.07) is 0. The number of esters is 3. The maximum Gasteiger partial charge on any atom is 0.306 e. The molecule has 0 aromatic rings. The average molecular weight is 1030 g/mol. The number of carbonyl (C=O) groups is 3. The molecule has 6 nitrogen and oxygen atoms in total. The van der Waals surface area contributed by atoms with Crippen molar-refractivity contribution >= 4 is 17.9 Å². The zero-order chi connectivity index (χ0) is 53.6. The molecule has 0 N–H and O–H groups in total. The second-order valence-electron chi connectivity index (χ2n) is 20.9. The standard InChI is InChI=1S/C68H118O6/c1-4-7-10-13-16-19-22-24-26-27-28-29-30-31-32-33-34-35-36-37-38-39-40-41-42-44-46-49-52-55-58-61-67(70)73-64-65(63-72-66(69)60-57-54-51-48-45-21-18-15-12-9-6-3)74-68(71)62-59-56-53-50-47-43-25-23-20-17-14-11-8-5-2/h7,10,15-16,18-19,24,26,28-29,31-32,34-35,65H,4-6,8-9,11-14,17,20-23,25,27,30,33,36-64H2,1-3H3/b10-7-,18-15-,19-16-,26-24-,29-28-,32-31-,35-34-. The molecule has 0 aromatic carbocycles. The quantitative estimate of drug-likeness (QED) is 0.0261. The highest BCUT2D eigenvalue weighted by atomic mass is 16.6. The van der Waals surface area contributed by atoms with Crippen LogP contribution in [0.1, 0.15) is 310 Å². The van der Waals surface area contributed by atoms with Gasteiger partial charge in [-0.15, -0.1) is 0 Å². The van der Waals surface area contributed by atoms with E-state index in [0.29, 0.717) is 19.3 Å². The first-order valence-corrected chi connectivity index (χ1v) is 31.6. The fourth-order valence-electron chi connectivity index (χ4n) is 8.90. The first kappa shape index (κ1) is 70.6. The molecule has 1 atom stereocenters. The molecule has 0 bridgehead atoms. The van der Waals surface area contributed by atoms with E-state index in [1.54, 1.807) is 0 Å². The predicted octanol–water partition coefficient (Wildman–Crippen LogP) is 21.5. The molecule has 74 heavy (non-hydrogen) atoms. The van der Waals surface area contributed by atoms with Gasteiger partial charge >= 0.3 is 17.9 Å². The summed E-state index contributed by atoms with van der Waals surface area (Å²) in [6.07, 6.45) is 81.7. The van der Waals surface area contributed by atoms with Crippen LogP contribution in [0.4, 0.5) is 0 Å². The third kappa shape index (κ3) is 59.5. The van der Waals surface area contributed by atoms with Crippen LogP contribution in [0.25, 0.3) is 0 Å². The van der Waals surface area contributed by atoms with Crippen molar-refractivity contribution in [3.05, 3.63) is 85.1 Å². The summed E-state index contributed by atoms with van der Waals surface area (Å²) >= 11 is 0. The summed E-state index contributed by atoms with van der Waals surface area (Å²) in [4.78, 5) is 38.2. The number of hydrogen-bond acceptors (Lipinski definition) is 6. The largest absolute Gasteiger partial charge is 0.462 e. The third-order valence-electron chi connectivity index (χ3n) is 13.6. The molecule has 1 unspecified atom stereocenters. The second kappa shape index (κ2) is 62.1. The van der Waals surface area contributed by atoms with Gasteiger partial charge in [0.2, 0.25) is 0 Å². The molecule has 0 aliphatic rings. The molecule has 0 fully saturated rings. The molecule has 0 saturated carbocycles. The summed E-state index contributed by atoms with van der Waals surface area (Å²) in [5, 5.41) is 0. The Morgan fingerprint density at radius 2 is 0.541 bits per heavy atom. The van der Waals surface area contributed by atoms with Crippen LogP contribution in [0.3, 0.4) is 0 Å². The van der Waals surface area contributed by atoms with E-state index in [1.165, 1.54) is 167 Å². The highest BCUT2D eigenvalue weighted by Gasteiger charge is 2.19. The Morgan fingerprint density at radius 3 is 0.878 bits per heavy atom. The molecule has 0 aliphatic heterocycles. The maximum atomic E-state index is 12.8. The van der Waals surface area contributed by atoms with Gasteiger partial charge in [-0.25, -0.2) is 0 Å². The lowest BCUT2D eigenvalue weighted by atomic mass is 10.0. The van der Waals surface area contributed by atoms with Crippen LogP contribution in [0.15, 0.2) is 85.1 Å². The number of ether oxygens (including phenoxy) is 3. The summed E-state index contributed by atoms with van der Waals surface area (Å²) in [7, 11) is 0. The molecular formula is C68H118O6. The minimum absolute atomic E-state index is 0.0764. The van der Waals surface area contributed by atoms with Gasteiger partial charge in [0.05, 0.1) is 0 Å². The molecule has 6 heteroatoms. The molecule has 0 spiro atoms. The topological polar surface area (TPSA) is 78.9 Å². The molecule has 0 rings (SSSR count). The van der Waals surface area contributed by atoms with Crippen molar-refractivity contribution in [2.75, 3.05) is 13.2 Å². The van der Waals surface area contributed by atoms with E-state index in [9.17, 15) is 14.4 Å². The zero-order valence-corrected chi connectivity index (χ0v) is 48.8. The first-order chi connectivity index (χ1) is 36.5. The fourth-order valence-corrected chi connectivity index (χ4v) is 8.90. The van der Waals surface area contributed by atoms with Gasteiger partial charge in [-0.3, -0.25) is 14.4 Å². The Hall–Kier alpha value is -3.41. The highest BCUT2D eigenvalue weighted by molar-refractivity contribution is 5.71. The van der Waals surface area contributed by atoms with Gasteiger partial charge in [0.15, 0.2) is 6.10 Å². The van der Waals surface area contributed by atoms with Gasteiger partial charge in [-0.2, -0.15) is 0 Å². The molecular weight excluding hydrogens is 913 g/mol. The first-order valence-electron chi connectivity index (χ1n) is 31.6. The van der Waals surface area contributed by atoms with Crippen LogP contribution < -0.4 is 0 Å². The number of rotatable bonds is 57. The monoisotopic (exact) mass is 1030 g/mol. The van der Waals surface area contributed by atoms with E-state index >= 15 is 0 Å².